The van der Waals surface area contributed by atoms with E-state index in [0.717, 1.165) is 18.3 Å². The molecule has 0 radical (unpaired) electrons. The summed E-state index contributed by atoms with van der Waals surface area (Å²) in [6.07, 6.45) is 4.63. The molecule has 2 N–H and O–H groups in total. The van der Waals surface area contributed by atoms with Crippen molar-refractivity contribution in [3.8, 4) is 0 Å². The molecule has 5 unspecified atom stereocenters. The molecule has 0 bridgehead atoms. The number of hydrogen-bond donors (Lipinski definition) is 2. The molecule has 2 rings (SSSR count). The van der Waals surface area contributed by atoms with Crippen LogP contribution in [0.2, 0.25) is 0 Å². The van der Waals surface area contributed by atoms with Gasteiger partial charge in [0, 0.05) is 25.6 Å². The maximum Gasteiger partial charge on any atom is 0.105 e. The second-order valence-corrected chi connectivity index (χ2v) is 6.25. The molecule has 1 aliphatic heterocycles. The summed E-state index contributed by atoms with van der Waals surface area (Å²) in [4.78, 5) is 0. The highest BCUT2D eigenvalue weighted by Crippen LogP contribution is 2.30. The van der Waals surface area contributed by atoms with Crippen LogP contribution in [0.15, 0.2) is 0 Å². The number of hydrogen-bond acceptors (Lipinski definition) is 3. The number of ether oxygens (including phenoxy) is 1. The van der Waals surface area contributed by atoms with Crippen LogP contribution >= 0.6 is 0 Å². The van der Waals surface area contributed by atoms with Gasteiger partial charge in [0.15, 0.2) is 0 Å². The van der Waals surface area contributed by atoms with Gasteiger partial charge in [-0.1, -0.05) is 20.3 Å². The Balaban J connectivity index is 1.84. The summed E-state index contributed by atoms with van der Waals surface area (Å²) >= 11 is 0. The summed E-state index contributed by atoms with van der Waals surface area (Å²) in [7, 11) is 0. The second kappa shape index (κ2) is 5.25. The van der Waals surface area contributed by atoms with Gasteiger partial charge in [0.1, 0.15) is 5.60 Å². The third-order valence-electron chi connectivity index (χ3n) is 4.79. The van der Waals surface area contributed by atoms with Gasteiger partial charge in [0.05, 0.1) is 6.10 Å². The smallest absolute Gasteiger partial charge is 0.105 e. The van der Waals surface area contributed by atoms with E-state index in [4.69, 9.17) is 4.74 Å². The zero-order chi connectivity index (χ0) is 12.5. The summed E-state index contributed by atoms with van der Waals surface area (Å²) in [6.45, 7) is 7.99. The molecule has 5 atom stereocenters. The van der Waals surface area contributed by atoms with Crippen LogP contribution in [-0.4, -0.2) is 36.0 Å². The van der Waals surface area contributed by atoms with Crippen LogP contribution in [0.5, 0.6) is 0 Å². The van der Waals surface area contributed by atoms with E-state index in [0.29, 0.717) is 19.2 Å². The third-order valence-corrected chi connectivity index (χ3v) is 4.79. The van der Waals surface area contributed by atoms with Gasteiger partial charge in [-0.05, 0) is 31.6 Å². The lowest BCUT2D eigenvalue weighted by Crippen LogP contribution is -2.51. The molecule has 2 aliphatic rings. The molecule has 0 aromatic carbocycles. The first-order valence-corrected chi connectivity index (χ1v) is 7.08. The zero-order valence-electron chi connectivity index (χ0n) is 11.4. The summed E-state index contributed by atoms with van der Waals surface area (Å²) in [5.41, 5.74) is -0.652. The number of rotatable bonds is 3. The van der Waals surface area contributed by atoms with Crippen molar-refractivity contribution in [1.29, 1.82) is 0 Å². The van der Waals surface area contributed by atoms with E-state index in [-0.39, 0.29) is 6.10 Å². The van der Waals surface area contributed by atoms with Crippen molar-refractivity contribution < 1.29 is 9.84 Å². The van der Waals surface area contributed by atoms with E-state index in [9.17, 15) is 5.11 Å². The van der Waals surface area contributed by atoms with Crippen molar-refractivity contribution in [1.82, 2.24) is 5.32 Å². The molecular weight excluding hydrogens is 214 g/mol. The Morgan fingerprint density at radius 3 is 2.71 bits per heavy atom. The van der Waals surface area contributed by atoms with Gasteiger partial charge >= 0.3 is 0 Å². The lowest BCUT2D eigenvalue weighted by atomic mass is 9.79. The Kier molecular flexibility index (Phi) is 4.11. The summed E-state index contributed by atoms with van der Waals surface area (Å²) < 4.78 is 5.47. The summed E-state index contributed by atoms with van der Waals surface area (Å²) in [6, 6.07) is 0.565. The van der Waals surface area contributed by atoms with E-state index in [1.165, 1.54) is 19.3 Å². The predicted octanol–water partition coefficient (Wildman–Crippen LogP) is 1.94. The topological polar surface area (TPSA) is 41.5 Å². The Morgan fingerprint density at radius 1 is 1.29 bits per heavy atom. The summed E-state index contributed by atoms with van der Waals surface area (Å²) in [5, 5.41) is 14.0. The van der Waals surface area contributed by atoms with Gasteiger partial charge in [0.2, 0.25) is 0 Å². The maximum absolute atomic E-state index is 10.5. The van der Waals surface area contributed by atoms with Crippen LogP contribution in [0, 0.1) is 11.8 Å². The molecule has 17 heavy (non-hydrogen) atoms. The first-order chi connectivity index (χ1) is 8.01. The Labute approximate surface area is 105 Å². The second-order valence-electron chi connectivity index (χ2n) is 6.25. The predicted molar refractivity (Wildman–Crippen MR) is 69.0 cm³/mol. The minimum absolute atomic E-state index is 0.0358. The first-order valence-electron chi connectivity index (χ1n) is 7.08. The van der Waals surface area contributed by atoms with Crippen molar-refractivity contribution in [2.75, 3.05) is 13.2 Å². The molecular formula is C14H27NO2. The van der Waals surface area contributed by atoms with Gasteiger partial charge in [0.25, 0.3) is 0 Å². The van der Waals surface area contributed by atoms with Crippen molar-refractivity contribution in [2.45, 2.75) is 64.2 Å². The van der Waals surface area contributed by atoms with Crippen molar-refractivity contribution in [3.05, 3.63) is 0 Å². The van der Waals surface area contributed by atoms with E-state index in [1.807, 2.05) is 6.92 Å². The Morgan fingerprint density at radius 2 is 2.06 bits per heavy atom. The highest BCUT2D eigenvalue weighted by molar-refractivity contribution is 4.93. The van der Waals surface area contributed by atoms with Crippen molar-refractivity contribution >= 4 is 0 Å². The Bertz CT molecular complexity index is 259. The molecule has 100 valence electrons. The molecule has 2 fully saturated rings. The fourth-order valence-corrected chi connectivity index (χ4v) is 3.13. The number of nitrogens with one attached hydrogen (secondary N) is 1. The lowest BCUT2D eigenvalue weighted by Gasteiger charge is -2.36. The van der Waals surface area contributed by atoms with Crippen LogP contribution in [0.3, 0.4) is 0 Å². The van der Waals surface area contributed by atoms with E-state index in [2.05, 4.69) is 19.2 Å². The van der Waals surface area contributed by atoms with Crippen LogP contribution in [-0.2, 0) is 4.74 Å². The standard InChI is InChI=1S/C14H27NO2/c1-10-4-5-11(2)13(8-10)15-9-14(16)6-7-17-12(14)3/h10-13,15-16H,4-9H2,1-3H3. The fraction of sp³-hybridized carbons (Fsp3) is 1.00. The van der Waals surface area contributed by atoms with Crippen LogP contribution in [0.4, 0.5) is 0 Å². The van der Waals surface area contributed by atoms with Crippen LogP contribution in [0.25, 0.3) is 0 Å². The molecule has 3 nitrogen and oxygen atoms in total. The van der Waals surface area contributed by atoms with Crippen molar-refractivity contribution in [2.24, 2.45) is 11.8 Å². The highest BCUT2D eigenvalue weighted by Gasteiger charge is 2.40. The van der Waals surface area contributed by atoms with Gasteiger partial charge < -0.3 is 15.2 Å². The van der Waals surface area contributed by atoms with E-state index >= 15 is 0 Å². The molecule has 1 saturated carbocycles. The average Bonchev–Trinajstić information content (AvgIpc) is 2.61. The van der Waals surface area contributed by atoms with Gasteiger partial charge in [-0.2, -0.15) is 0 Å². The van der Waals surface area contributed by atoms with E-state index in [1.54, 1.807) is 0 Å². The Hall–Kier alpha value is -0.120. The fourth-order valence-electron chi connectivity index (χ4n) is 3.13. The zero-order valence-corrected chi connectivity index (χ0v) is 11.4. The molecule has 0 aromatic rings. The SMILES string of the molecule is CC1CCC(C)C(NCC2(O)CCOC2C)C1. The van der Waals surface area contributed by atoms with E-state index < -0.39 is 5.60 Å². The molecule has 1 aliphatic carbocycles. The minimum Gasteiger partial charge on any atom is -0.386 e. The quantitative estimate of drug-likeness (QED) is 0.793. The largest absolute Gasteiger partial charge is 0.386 e. The summed E-state index contributed by atoms with van der Waals surface area (Å²) in [5.74, 6) is 1.54. The molecule has 0 aromatic heterocycles. The third kappa shape index (κ3) is 3.01. The average molecular weight is 241 g/mol. The van der Waals surface area contributed by atoms with Crippen LogP contribution < -0.4 is 5.32 Å². The lowest BCUT2D eigenvalue weighted by molar-refractivity contribution is -0.0297. The van der Waals surface area contributed by atoms with Gasteiger partial charge in [-0.3, -0.25) is 0 Å². The van der Waals surface area contributed by atoms with Gasteiger partial charge in [-0.25, -0.2) is 0 Å². The highest BCUT2D eigenvalue weighted by atomic mass is 16.5. The molecule has 3 heteroatoms. The molecule has 0 amide bonds. The maximum atomic E-state index is 10.5. The van der Waals surface area contributed by atoms with Gasteiger partial charge in [-0.15, -0.1) is 0 Å². The molecule has 1 heterocycles. The van der Waals surface area contributed by atoms with Crippen LogP contribution in [0.1, 0.15) is 46.5 Å². The minimum atomic E-state index is -0.652. The normalized spacial score (nSPS) is 47.3. The molecule has 0 spiro atoms. The molecule has 1 saturated heterocycles. The van der Waals surface area contributed by atoms with Crippen molar-refractivity contribution in [3.63, 3.8) is 0 Å². The monoisotopic (exact) mass is 241 g/mol. The number of aliphatic hydroxyl groups is 1. The first kappa shape index (κ1) is 13.3.